The SMILES string of the molecule is COc1ccc(-c2ccc(CN3C[C@@H]4CCOC[C@]4(CO)C3)o2)cc1. The first kappa shape index (κ1) is 16.6. The van der Waals surface area contributed by atoms with Crippen LogP contribution in [0.5, 0.6) is 5.75 Å². The van der Waals surface area contributed by atoms with Gasteiger partial charge >= 0.3 is 0 Å². The minimum absolute atomic E-state index is 0.0936. The summed E-state index contributed by atoms with van der Waals surface area (Å²) in [7, 11) is 1.66. The minimum Gasteiger partial charge on any atom is -0.497 e. The Kier molecular flexibility index (Phi) is 4.54. The Morgan fingerprint density at radius 2 is 2.08 bits per heavy atom. The van der Waals surface area contributed by atoms with Gasteiger partial charge in [0.1, 0.15) is 17.3 Å². The Balaban J connectivity index is 1.44. The average molecular weight is 343 g/mol. The number of hydrogen-bond donors (Lipinski definition) is 1. The second-order valence-electron chi connectivity index (χ2n) is 7.22. The molecule has 1 aromatic heterocycles. The van der Waals surface area contributed by atoms with Crippen LogP contribution in [0.15, 0.2) is 40.8 Å². The first-order chi connectivity index (χ1) is 12.2. The zero-order valence-corrected chi connectivity index (χ0v) is 14.6. The van der Waals surface area contributed by atoms with Gasteiger partial charge in [0.2, 0.25) is 0 Å². The number of benzene rings is 1. The van der Waals surface area contributed by atoms with Gasteiger partial charge < -0.3 is 19.0 Å². The van der Waals surface area contributed by atoms with Gasteiger partial charge in [-0.3, -0.25) is 4.90 Å². The molecule has 0 aliphatic carbocycles. The third-order valence-corrected chi connectivity index (χ3v) is 5.61. The van der Waals surface area contributed by atoms with E-state index in [9.17, 15) is 5.11 Å². The van der Waals surface area contributed by atoms with Gasteiger partial charge in [-0.15, -0.1) is 0 Å². The van der Waals surface area contributed by atoms with Crippen molar-refractivity contribution in [3.63, 3.8) is 0 Å². The average Bonchev–Trinajstić information content (AvgIpc) is 3.26. The molecule has 4 rings (SSSR count). The van der Waals surface area contributed by atoms with Crippen molar-refractivity contribution in [1.82, 2.24) is 4.90 Å². The van der Waals surface area contributed by atoms with Crippen LogP contribution in [-0.2, 0) is 11.3 Å². The summed E-state index contributed by atoms with van der Waals surface area (Å²) in [5, 5.41) is 9.89. The van der Waals surface area contributed by atoms with Gasteiger partial charge in [0.15, 0.2) is 0 Å². The Hall–Kier alpha value is -1.82. The lowest BCUT2D eigenvalue weighted by Crippen LogP contribution is -2.42. The number of rotatable bonds is 5. The second-order valence-corrected chi connectivity index (χ2v) is 7.22. The molecule has 2 atom stereocenters. The summed E-state index contributed by atoms with van der Waals surface area (Å²) in [6, 6.07) is 11.9. The van der Waals surface area contributed by atoms with E-state index in [1.165, 1.54) is 0 Å². The van der Waals surface area contributed by atoms with E-state index in [1.807, 2.05) is 36.4 Å². The van der Waals surface area contributed by atoms with Crippen molar-refractivity contribution >= 4 is 0 Å². The van der Waals surface area contributed by atoms with Crippen LogP contribution in [-0.4, -0.2) is 50.0 Å². The van der Waals surface area contributed by atoms with Crippen molar-refractivity contribution < 1.29 is 19.0 Å². The number of ether oxygens (including phenoxy) is 2. The summed E-state index contributed by atoms with van der Waals surface area (Å²) >= 11 is 0. The monoisotopic (exact) mass is 343 g/mol. The summed E-state index contributed by atoms with van der Waals surface area (Å²) < 4.78 is 16.9. The molecule has 1 aromatic carbocycles. The molecule has 5 nitrogen and oxygen atoms in total. The van der Waals surface area contributed by atoms with Crippen molar-refractivity contribution in [2.24, 2.45) is 11.3 Å². The molecule has 1 N–H and O–H groups in total. The third kappa shape index (κ3) is 3.19. The van der Waals surface area contributed by atoms with Gasteiger partial charge in [-0.25, -0.2) is 0 Å². The maximum atomic E-state index is 9.89. The topological polar surface area (TPSA) is 55.1 Å². The van der Waals surface area contributed by atoms with E-state index in [-0.39, 0.29) is 12.0 Å². The van der Waals surface area contributed by atoms with Crippen LogP contribution in [0.4, 0.5) is 0 Å². The molecule has 3 heterocycles. The number of fused-ring (bicyclic) bond motifs is 1. The molecule has 2 fully saturated rings. The van der Waals surface area contributed by atoms with Crippen molar-refractivity contribution in [1.29, 1.82) is 0 Å². The Labute approximate surface area is 148 Å². The molecule has 0 bridgehead atoms. The van der Waals surface area contributed by atoms with Crippen LogP contribution in [0.3, 0.4) is 0 Å². The molecule has 0 amide bonds. The number of nitrogens with zero attached hydrogens (tertiary/aromatic N) is 1. The molecule has 0 radical (unpaired) electrons. The van der Waals surface area contributed by atoms with E-state index in [1.54, 1.807) is 7.11 Å². The fourth-order valence-electron chi connectivity index (χ4n) is 4.15. The summed E-state index contributed by atoms with van der Waals surface area (Å²) in [5.41, 5.74) is 0.950. The molecule has 25 heavy (non-hydrogen) atoms. The molecule has 0 saturated carbocycles. The van der Waals surface area contributed by atoms with Crippen LogP contribution in [0.25, 0.3) is 11.3 Å². The van der Waals surface area contributed by atoms with Gasteiger partial charge in [0.25, 0.3) is 0 Å². The molecule has 2 aliphatic rings. The molecule has 2 saturated heterocycles. The fraction of sp³-hybridized carbons (Fsp3) is 0.500. The zero-order chi connectivity index (χ0) is 17.3. The summed E-state index contributed by atoms with van der Waals surface area (Å²) in [5.74, 6) is 3.18. The predicted molar refractivity (Wildman–Crippen MR) is 94.4 cm³/mol. The predicted octanol–water partition coefficient (Wildman–Crippen LogP) is 2.79. The lowest BCUT2D eigenvalue weighted by molar-refractivity contribution is -0.0561. The van der Waals surface area contributed by atoms with Crippen molar-refractivity contribution in [2.75, 3.05) is 40.0 Å². The van der Waals surface area contributed by atoms with Gasteiger partial charge in [0, 0.05) is 30.7 Å². The van der Waals surface area contributed by atoms with E-state index in [2.05, 4.69) is 4.90 Å². The third-order valence-electron chi connectivity index (χ3n) is 5.61. The van der Waals surface area contributed by atoms with Gasteiger partial charge in [-0.2, -0.15) is 0 Å². The zero-order valence-electron chi connectivity index (χ0n) is 14.6. The van der Waals surface area contributed by atoms with Crippen LogP contribution in [0.2, 0.25) is 0 Å². The van der Waals surface area contributed by atoms with Crippen molar-refractivity contribution in [3.8, 4) is 17.1 Å². The van der Waals surface area contributed by atoms with E-state index >= 15 is 0 Å². The quantitative estimate of drug-likeness (QED) is 0.905. The lowest BCUT2D eigenvalue weighted by Gasteiger charge is -2.36. The Morgan fingerprint density at radius 3 is 2.80 bits per heavy atom. The van der Waals surface area contributed by atoms with Crippen LogP contribution in [0.1, 0.15) is 12.2 Å². The normalized spacial score (nSPS) is 26.6. The molecular weight excluding hydrogens is 318 g/mol. The number of aliphatic hydroxyl groups excluding tert-OH is 1. The number of aliphatic hydroxyl groups is 1. The largest absolute Gasteiger partial charge is 0.497 e. The minimum atomic E-state index is -0.0936. The van der Waals surface area contributed by atoms with Gasteiger partial charge in [-0.05, 0) is 48.7 Å². The van der Waals surface area contributed by atoms with Crippen LogP contribution in [0, 0.1) is 11.3 Å². The van der Waals surface area contributed by atoms with Crippen molar-refractivity contribution in [2.45, 2.75) is 13.0 Å². The van der Waals surface area contributed by atoms with E-state index in [0.29, 0.717) is 12.5 Å². The van der Waals surface area contributed by atoms with Gasteiger partial charge in [0.05, 0.1) is 26.9 Å². The molecule has 2 aromatic rings. The lowest BCUT2D eigenvalue weighted by atomic mass is 9.76. The second kappa shape index (κ2) is 6.83. The Bertz CT molecular complexity index is 711. The highest BCUT2D eigenvalue weighted by molar-refractivity contribution is 5.58. The summed E-state index contributed by atoms with van der Waals surface area (Å²) in [6.45, 7) is 4.32. The van der Waals surface area contributed by atoms with E-state index < -0.39 is 0 Å². The molecule has 0 spiro atoms. The summed E-state index contributed by atoms with van der Waals surface area (Å²) in [4.78, 5) is 2.38. The highest BCUT2D eigenvalue weighted by Gasteiger charge is 2.48. The van der Waals surface area contributed by atoms with Crippen LogP contribution < -0.4 is 4.74 Å². The maximum Gasteiger partial charge on any atom is 0.134 e. The maximum absolute atomic E-state index is 9.89. The highest BCUT2D eigenvalue weighted by Crippen LogP contribution is 2.41. The van der Waals surface area contributed by atoms with E-state index in [0.717, 1.165) is 55.5 Å². The molecule has 2 aliphatic heterocycles. The number of furan rings is 1. The molecular formula is C20H25NO4. The number of likely N-dealkylation sites (tertiary alicyclic amines) is 1. The first-order valence-corrected chi connectivity index (χ1v) is 8.86. The first-order valence-electron chi connectivity index (χ1n) is 8.86. The van der Waals surface area contributed by atoms with Crippen LogP contribution >= 0.6 is 0 Å². The fourth-order valence-corrected chi connectivity index (χ4v) is 4.15. The molecule has 134 valence electrons. The Morgan fingerprint density at radius 1 is 1.24 bits per heavy atom. The number of hydrogen-bond acceptors (Lipinski definition) is 5. The van der Waals surface area contributed by atoms with E-state index in [4.69, 9.17) is 13.9 Å². The summed E-state index contributed by atoms with van der Waals surface area (Å²) in [6.07, 6.45) is 1.03. The highest BCUT2D eigenvalue weighted by atomic mass is 16.5. The standard InChI is InChI=1S/C20H25NO4/c1-23-17-4-2-15(3-5-17)19-7-6-18(25-19)11-21-10-16-8-9-24-14-20(16,12-21)13-22/h2-7,16,22H,8-14H2,1H3/t16-,20+/m0/s1. The van der Waals surface area contributed by atoms with Crippen molar-refractivity contribution in [3.05, 3.63) is 42.2 Å². The smallest absolute Gasteiger partial charge is 0.134 e. The van der Waals surface area contributed by atoms with Gasteiger partial charge in [-0.1, -0.05) is 0 Å². The molecule has 5 heteroatoms. The molecule has 0 unspecified atom stereocenters. The number of methoxy groups -OCH3 is 1.